The summed E-state index contributed by atoms with van der Waals surface area (Å²) in [4.78, 5) is 0. The molecule has 0 aliphatic heterocycles. The molecule has 2 nitrogen and oxygen atoms in total. The van der Waals surface area contributed by atoms with Gasteiger partial charge in [-0.2, -0.15) is 0 Å². The van der Waals surface area contributed by atoms with Gasteiger partial charge in [0.15, 0.2) is 10.5 Å². The Morgan fingerprint density at radius 2 is 2.11 bits per heavy atom. The smallest absolute Gasteiger partial charge is 0.197 e. The van der Waals surface area contributed by atoms with Gasteiger partial charge in [-0.15, -0.1) is 16.8 Å². The molecule has 0 aliphatic rings. The van der Waals surface area contributed by atoms with Crippen molar-refractivity contribution in [3.63, 3.8) is 0 Å². The highest BCUT2D eigenvalue weighted by Crippen LogP contribution is 2.06. The first-order valence-electron chi connectivity index (χ1n) is 2.34. The largest absolute Gasteiger partial charge is 0.487 e. The summed E-state index contributed by atoms with van der Waals surface area (Å²) in [5.74, 6) is 0. The fourth-order valence-corrected chi connectivity index (χ4v) is 1.63. The Morgan fingerprint density at radius 1 is 1.67 bits per heavy atom. The van der Waals surface area contributed by atoms with Gasteiger partial charge in [-0.05, 0) is 0 Å². The first kappa shape index (κ1) is 9.04. The molecule has 0 aromatic carbocycles. The van der Waals surface area contributed by atoms with Crippen LogP contribution in [0.15, 0.2) is 10.5 Å². The predicted molar refractivity (Wildman–Crippen MR) is 44.0 cm³/mol. The van der Waals surface area contributed by atoms with Gasteiger partial charge in [-0.1, -0.05) is 0 Å². The monoisotopic (exact) mass is 167 g/mol. The van der Waals surface area contributed by atoms with Crippen LogP contribution in [0, 0.1) is 0 Å². The van der Waals surface area contributed by atoms with Gasteiger partial charge >= 0.3 is 0 Å². The maximum absolute atomic E-state index is 11.0. The minimum atomic E-state index is -1.85. The fourth-order valence-electron chi connectivity index (χ4n) is 0.291. The zero-order chi connectivity index (χ0) is 7.49. The van der Waals surface area contributed by atoms with Gasteiger partial charge in [-0.25, -0.2) is 0 Å². The van der Waals surface area contributed by atoms with Gasteiger partial charge in [0, 0.05) is 0 Å². The van der Waals surface area contributed by atoms with Crippen molar-refractivity contribution >= 4 is 22.6 Å². The molecule has 0 N–H and O–H groups in total. The average Bonchev–Trinajstić information content (AvgIpc) is 1.62. The molecule has 0 atom stereocenters. The maximum Gasteiger partial charge on any atom is 0.197 e. The molecule has 0 saturated heterocycles. The normalized spacial score (nSPS) is 13.6. The van der Waals surface area contributed by atoms with E-state index in [2.05, 4.69) is 17.4 Å². The molecule has 0 radical (unpaired) electrons. The molecule has 0 fully saturated rings. The van der Waals surface area contributed by atoms with Crippen LogP contribution in [-0.4, -0.2) is 19.6 Å². The third kappa shape index (κ3) is 5.92. The van der Waals surface area contributed by atoms with Crippen LogP contribution < -0.4 is 0 Å². The summed E-state index contributed by atoms with van der Waals surface area (Å²) in [6, 6.07) is 0. The lowest BCUT2D eigenvalue weighted by atomic mass is 11.1. The van der Waals surface area contributed by atoms with Crippen molar-refractivity contribution in [2.24, 2.45) is 0 Å². The van der Waals surface area contributed by atoms with Crippen molar-refractivity contribution < 1.29 is 8.95 Å². The van der Waals surface area contributed by atoms with Crippen LogP contribution >= 0.6 is 12.6 Å². The van der Waals surface area contributed by atoms with Crippen LogP contribution in [0.4, 0.5) is 0 Å². The average molecular weight is 167 g/mol. The van der Waals surface area contributed by atoms with Gasteiger partial charge in [-0.3, -0.25) is 0 Å². The molecule has 0 bridgehead atoms. The summed E-state index contributed by atoms with van der Waals surface area (Å²) in [5.41, 5.74) is 0. The maximum atomic E-state index is 11.0. The fraction of sp³-hybridized carbons (Fsp3) is 0.600. The van der Waals surface area contributed by atoms with Gasteiger partial charge in [0.2, 0.25) is 0 Å². The van der Waals surface area contributed by atoms with Crippen LogP contribution in [0.5, 0.6) is 0 Å². The zero-order valence-electron chi connectivity index (χ0n) is 5.75. The Balaban J connectivity index is 4.13. The highest BCUT2D eigenvalue weighted by atomic mass is 32.2. The molecular weight excluding hydrogens is 156 g/mol. The second kappa shape index (κ2) is 3.27. The van der Waals surface area contributed by atoms with E-state index in [0.29, 0.717) is 5.09 Å². The van der Waals surface area contributed by atoms with Crippen molar-refractivity contribution in [2.75, 3.05) is 19.6 Å². The van der Waals surface area contributed by atoms with Crippen molar-refractivity contribution in [1.82, 2.24) is 0 Å². The topological polar surface area (TPSA) is 26.3 Å². The van der Waals surface area contributed by atoms with E-state index < -0.39 is 9.93 Å². The molecule has 0 aromatic heterocycles. The summed E-state index contributed by atoms with van der Waals surface area (Å²) in [6.45, 7) is 0. The summed E-state index contributed by atoms with van der Waals surface area (Å²) in [5, 5.41) is 1.90. The van der Waals surface area contributed by atoms with Crippen molar-refractivity contribution in [3.8, 4) is 0 Å². The third-order valence-corrected chi connectivity index (χ3v) is 1.86. The van der Waals surface area contributed by atoms with E-state index >= 15 is 0 Å². The van der Waals surface area contributed by atoms with Gasteiger partial charge in [0.1, 0.15) is 22.4 Å². The van der Waals surface area contributed by atoms with E-state index in [1.165, 1.54) is 12.5 Å². The minimum absolute atomic E-state index is 0.407. The standard InChI is InChI=1S/C5H10O2S2/c1-7-5(8)4-9(2,3)6/h4H,1-3H3/p+1. The molecule has 0 rings (SSSR count). The first-order chi connectivity index (χ1) is 3.95. The lowest BCUT2D eigenvalue weighted by molar-refractivity contribution is 0.326. The van der Waals surface area contributed by atoms with Crippen molar-refractivity contribution in [1.29, 1.82) is 0 Å². The van der Waals surface area contributed by atoms with E-state index in [9.17, 15) is 4.21 Å². The number of thiol groups is 1. The zero-order valence-corrected chi connectivity index (χ0v) is 7.46. The van der Waals surface area contributed by atoms with E-state index in [1.54, 1.807) is 12.5 Å². The van der Waals surface area contributed by atoms with Crippen molar-refractivity contribution in [2.45, 2.75) is 0 Å². The Bertz CT molecular complexity index is 156. The second-order valence-corrected chi connectivity index (χ2v) is 5.26. The lowest BCUT2D eigenvalue weighted by Crippen LogP contribution is -1.99. The molecule has 54 valence electrons. The number of ether oxygens (including phenoxy) is 1. The summed E-state index contributed by atoms with van der Waals surface area (Å²) in [6.07, 6.45) is 3.25. The summed E-state index contributed by atoms with van der Waals surface area (Å²) < 4.78 is 15.6. The second-order valence-electron chi connectivity index (χ2n) is 1.97. The van der Waals surface area contributed by atoms with E-state index in [1.807, 2.05) is 0 Å². The van der Waals surface area contributed by atoms with Crippen LogP contribution in [0.3, 0.4) is 0 Å². The molecule has 9 heavy (non-hydrogen) atoms. The van der Waals surface area contributed by atoms with Crippen molar-refractivity contribution in [3.05, 3.63) is 10.5 Å². The molecule has 0 aromatic rings. The molecule has 0 unspecified atom stereocenters. The molecule has 0 saturated carbocycles. The Labute approximate surface area is 62.1 Å². The molecule has 0 heterocycles. The highest BCUT2D eigenvalue weighted by molar-refractivity contribution is 8.04. The number of methoxy groups -OCH3 is 1. The lowest BCUT2D eigenvalue weighted by Gasteiger charge is -1.95. The van der Waals surface area contributed by atoms with Crippen LogP contribution in [0.25, 0.3) is 0 Å². The predicted octanol–water partition coefficient (Wildman–Crippen LogP) is 1.12. The van der Waals surface area contributed by atoms with Crippen LogP contribution in [0.1, 0.15) is 0 Å². The minimum Gasteiger partial charge on any atom is -0.487 e. The summed E-state index contributed by atoms with van der Waals surface area (Å²) >= 11 is 3.88. The van der Waals surface area contributed by atoms with Crippen LogP contribution in [-0.2, 0) is 18.9 Å². The molecule has 0 aliphatic carbocycles. The number of hydrogen-bond acceptors (Lipinski definition) is 3. The first-order valence-corrected chi connectivity index (χ1v) is 5.23. The van der Waals surface area contributed by atoms with E-state index in [4.69, 9.17) is 0 Å². The summed E-state index contributed by atoms with van der Waals surface area (Å²) in [7, 11) is -0.359. The third-order valence-electron chi connectivity index (χ3n) is 0.594. The Kier molecular flexibility index (Phi) is 3.28. The molecule has 0 amide bonds. The van der Waals surface area contributed by atoms with Gasteiger partial charge in [0.25, 0.3) is 0 Å². The Morgan fingerprint density at radius 3 is 2.22 bits per heavy atom. The van der Waals surface area contributed by atoms with E-state index in [-0.39, 0.29) is 0 Å². The molecule has 0 spiro atoms. The number of hydrogen-bond donors (Lipinski definition) is 1. The highest BCUT2D eigenvalue weighted by Gasteiger charge is 2.08. The Hall–Kier alpha value is 0.0400. The van der Waals surface area contributed by atoms with Gasteiger partial charge in [0.05, 0.1) is 7.11 Å². The molecular formula is C5H11O2S2+. The molecule has 4 heteroatoms. The SMILES string of the molecule is CO/C(S)=C/[S+](C)(C)=O. The van der Waals surface area contributed by atoms with E-state index in [0.717, 1.165) is 0 Å². The van der Waals surface area contributed by atoms with Crippen LogP contribution in [0.2, 0.25) is 0 Å². The van der Waals surface area contributed by atoms with Gasteiger partial charge < -0.3 is 4.74 Å². The quantitative estimate of drug-likeness (QED) is 0.379. The number of rotatable bonds is 2.